The van der Waals surface area contributed by atoms with E-state index in [9.17, 15) is 5.11 Å². The van der Waals surface area contributed by atoms with Crippen LogP contribution in [-0.4, -0.2) is 48.9 Å². The Hall–Kier alpha value is -1.85. The molecule has 1 saturated heterocycles. The molecule has 0 amide bonds. The lowest BCUT2D eigenvalue weighted by Crippen LogP contribution is -2.27. The summed E-state index contributed by atoms with van der Waals surface area (Å²) in [6.45, 7) is 9.16. The standard InChI is InChI=1S/C21H29N3OS/c1-3-23(4-2)18-10-9-17(20(25)14-18)15-22-16-19(21-8-7-13-26-21)24-11-5-6-12-24/h7-10,13-15,19,25H,3-6,11-12,16H2,1-2H3/t19-/m1/s1. The van der Waals surface area contributed by atoms with Crippen LogP contribution in [0.1, 0.15) is 43.2 Å². The molecule has 140 valence electrons. The number of thiophene rings is 1. The van der Waals surface area contributed by atoms with Crippen molar-refractivity contribution in [3.8, 4) is 5.75 Å². The topological polar surface area (TPSA) is 39.1 Å². The number of nitrogens with zero attached hydrogens (tertiary/aromatic N) is 3. The molecule has 1 N–H and O–H groups in total. The lowest BCUT2D eigenvalue weighted by Gasteiger charge is -2.25. The van der Waals surface area contributed by atoms with Crippen LogP contribution < -0.4 is 4.90 Å². The lowest BCUT2D eigenvalue weighted by atomic mass is 10.1. The average molecular weight is 372 g/mol. The fourth-order valence-corrected chi connectivity index (χ4v) is 4.45. The van der Waals surface area contributed by atoms with Gasteiger partial charge in [-0.25, -0.2) is 0 Å². The van der Waals surface area contributed by atoms with Gasteiger partial charge in [0.05, 0.1) is 12.6 Å². The predicted molar refractivity (Wildman–Crippen MR) is 112 cm³/mol. The molecule has 1 aliphatic heterocycles. The molecule has 1 aromatic heterocycles. The van der Waals surface area contributed by atoms with Crippen LogP contribution in [0.25, 0.3) is 0 Å². The molecule has 1 aromatic carbocycles. The number of benzene rings is 1. The summed E-state index contributed by atoms with van der Waals surface area (Å²) < 4.78 is 0. The predicted octanol–water partition coefficient (Wildman–Crippen LogP) is 4.56. The minimum Gasteiger partial charge on any atom is -0.507 e. The fourth-order valence-electron chi connectivity index (χ4n) is 3.60. The van der Waals surface area contributed by atoms with Crippen LogP contribution in [0.4, 0.5) is 5.69 Å². The van der Waals surface area contributed by atoms with Crippen LogP contribution in [0, 0.1) is 0 Å². The third-order valence-electron chi connectivity index (χ3n) is 5.10. The highest BCUT2D eigenvalue weighted by Gasteiger charge is 2.23. The molecule has 26 heavy (non-hydrogen) atoms. The molecule has 1 atom stereocenters. The molecule has 0 unspecified atom stereocenters. The minimum atomic E-state index is 0.298. The third kappa shape index (κ3) is 4.46. The second-order valence-corrected chi connectivity index (χ2v) is 7.66. The monoisotopic (exact) mass is 371 g/mol. The number of likely N-dealkylation sites (tertiary alicyclic amines) is 1. The van der Waals surface area contributed by atoms with Crippen LogP contribution in [0.3, 0.4) is 0 Å². The lowest BCUT2D eigenvalue weighted by molar-refractivity contribution is 0.255. The third-order valence-corrected chi connectivity index (χ3v) is 6.08. The number of anilines is 1. The van der Waals surface area contributed by atoms with Gasteiger partial charge in [-0.3, -0.25) is 9.89 Å². The number of aromatic hydroxyl groups is 1. The first-order valence-corrected chi connectivity index (χ1v) is 10.5. The summed E-state index contributed by atoms with van der Waals surface area (Å²) in [4.78, 5) is 10.8. The molecule has 0 bridgehead atoms. The Balaban J connectivity index is 1.70. The van der Waals surface area contributed by atoms with E-state index in [-0.39, 0.29) is 0 Å². The van der Waals surface area contributed by atoms with Crippen molar-refractivity contribution in [1.82, 2.24) is 4.90 Å². The highest BCUT2D eigenvalue weighted by molar-refractivity contribution is 7.10. The molecule has 0 spiro atoms. The molecule has 1 fully saturated rings. The van der Waals surface area contributed by atoms with Gasteiger partial charge in [0.25, 0.3) is 0 Å². The van der Waals surface area contributed by atoms with E-state index in [1.807, 2.05) is 18.3 Å². The summed E-state index contributed by atoms with van der Waals surface area (Å²) in [5, 5.41) is 12.5. The van der Waals surface area contributed by atoms with Gasteiger partial charge in [-0.05, 0) is 63.4 Å². The van der Waals surface area contributed by atoms with Crippen molar-refractivity contribution in [3.05, 3.63) is 46.2 Å². The van der Waals surface area contributed by atoms with Gasteiger partial charge < -0.3 is 10.0 Å². The molecular weight excluding hydrogens is 342 g/mol. The normalized spacial score (nSPS) is 16.4. The first-order valence-electron chi connectivity index (χ1n) is 9.58. The highest BCUT2D eigenvalue weighted by Crippen LogP contribution is 2.29. The Kier molecular flexibility index (Phi) is 6.69. The van der Waals surface area contributed by atoms with E-state index in [1.54, 1.807) is 11.3 Å². The molecule has 0 saturated carbocycles. The van der Waals surface area contributed by atoms with Crippen molar-refractivity contribution in [2.45, 2.75) is 32.7 Å². The fraction of sp³-hybridized carbons (Fsp3) is 0.476. The van der Waals surface area contributed by atoms with E-state index < -0.39 is 0 Å². The van der Waals surface area contributed by atoms with Gasteiger partial charge >= 0.3 is 0 Å². The van der Waals surface area contributed by atoms with Gasteiger partial charge in [-0.15, -0.1) is 11.3 Å². The number of hydrogen-bond donors (Lipinski definition) is 1. The largest absolute Gasteiger partial charge is 0.507 e. The molecule has 3 rings (SSSR count). The Bertz CT molecular complexity index is 704. The van der Waals surface area contributed by atoms with E-state index in [0.29, 0.717) is 11.8 Å². The van der Waals surface area contributed by atoms with Gasteiger partial charge in [0, 0.05) is 41.5 Å². The van der Waals surface area contributed by atoms with Crippen molar-refractivity contribution in [2.75, 3.05) is 37.6 Å². The van der Waals surface area contributed by atoms with Crippen LogP contribution in [0.5, 0.6) is 5.75 Å². The smallest absolute Gasteiger partial charge is 0.126 e. The number of hydrogen-bond acceptors (Lipinski definition) is 5. The Morgan fingerprint density at radius 1 is 1.23 bits per heavy atom. The Morgan fingerprint density at radius 2 is 2.00 bits per heavy atom. The van der Waals surface area contributed by atoms with E-state index in [0.717, 1.165) is 44.0 Å². The van der Waals surface area contributed by atoms with E-state index >= 15 is 0 Å². The maximum Gasteiger partial charge on any atom is 0.126 e. The zero-order valence-corrected chi connectivity index (χ0v) is 16.6. The van der Waals surface area contributed by atoms with Crippen molar-refractivity contribution in [2.24, 2.45) is 4.99 Å². The van der Waals surface area contributed by atoms with Crippen molar-refractivity contribution in [1.29, 1.82) is 0 Å². The quantitative estimate of drug-likeness (QED) is 0.692. The SMILES string of the molecule is CCN(CC)c1ccc(C=NC[C@H](c2cccs2)N2CCCC2)c(O)c1. The second-order valence-electron chi connectivity index (χ2n) is 6.68. The van der Waals surface area contributed by atoms with Gasteiger partial charge in [0.2, 0.25) is 0 Å². The van der Waals surface area contributed by atoms with Crippen molar-refractivity contribution in [3.63, 3.8) is 0 Å². The van der Waals surface area contributed by atoms with Crippen LogP contribution in [-0.2, 0) is 0 Å². The van der Waals surface area contributed by atoms with Crippen molar-refractivity contribution >= 4 is 23.2 Å². The number of phenolic OH excluding ortho intramolecular Hbond substituents is 1. The summed E-state index contributed by atoms with van der Waals surface area (Å²) in [7, 11) is 0. The van der Waals surface area contributed by atoms with E-state index in [4.69, 9.17) is 0 Å². The molecule has 0 aliphatic carbocycles. The number of rotatable bonds is 8. The summed E-state index contributed by atoms with van der Waals surface area (Å²) in [5.74, 6) is 0.298. The van der Waals surface area contributed by atoms with Crippen LogP contribution in [0.15, 0.2) is 40.7 Å². The molecule has 5 heteroatoms. The van der Waals surface area contributed by atoms with Gasteiger partial charge in [-0.2, -0.15) is 0 Å². The first-order chi connectivity index (χ1) is 12.7. The molecule has 1 aliphatic rings. The Morgan fingerprint density at radius 3 is 2.62 bits per heavy atom. The molecule has 2 aromatic rings. The molecule has 2 heterocycles. The molecule has 4 nitrogen and oxygen atoms in total. The zero-order valence-electron chi connectivity index (χ0n) is 15.8. The molecule has 0 radical (unpaired) electrons. The van der Waals surface area contributed by atoms with E-state index in [1.165, 1.54) is 17.7 Å². The zero-order chi connectivity index (χ0) is 18.4. The number of phenols is 1. The van der Waals surface area contributed by atoms with E-state index in [2.05, 4.69) is 52.2 Å². The minimum absolute atomic E-state index is 0.298. The van der Waals surface area contributed by atoms with Gasteiger partial charge in [0.15, 0.2) is 0 Å². The second kappa shape index (κ2) is 9.19. The summed E-state index contributed by atoms with van der Waals surface area (Å²) >= 11 is 1.81. The average Bonchev–Trinajstić information content (AvgIpc) is 3.35. The van der Waals surface area contributed by atoms with Gasteiger partial charge in [-0.1, -0.05) is 6.07 Å². The maximum absolute atomic E-state index is 10.4. The number of aliphatic imine (C=N–C) groups is 1. The highest BCUT2D eigenvalue weighted by atomic mass is 32.1. The van der Waals surface area contributed by atoms with Gasteiger partial charge in [0.1, 0.15) is 5.75 Å². The summed E-state index contributed by atoms with van der Waals surface area (Å²) in [5.41, 5.74) is 1.84. The summed E-state index contributed by atoms with van der Waals surface area (Å²) in [6.07, 6.45) is 4.37. The van der Waals surface area contributed by atoms with Crippen LogP contribution in [0.2, 0.25) is 0 Å². The molecular formula is C21H29N3OS. The first kappa shape index (κ1) is 18.9. The van der Waals surface area contributed by atoms with Crippen molar-refractivity contribution < 1.29 is 5.11 Å². The maximum atomic E-state index is 10.4. The van der Waals surface area contributed by atoms with Crippen LogP contribution >= 0.6 is 11.3 Å². The Labute approximate surface area is 160 Å². The summed E-state index contributed by atoms with van der Waals surface area (Å²) in [6, 6.07) is 10.5.